The lowest BCUT2D eigenvalue weighted by Crippen LogP contribution is -2.36. The van der Waals surface area contributed by atoms with Gasteiger partial charge in [-0.25, -0.2) is 5.43 Å². The number of hydrogen-bond acceptors (Lipinski definition) is 5. The predicted octanol–water partition coefficient (Wildman–Crippen LogP) is 3.43. The van der Waals surface area contributed by atoms with Gasteiger partial charge in [0.05, 0.1) is 26.2 Å². The monoisotopic (exact) mass is 389 g/mol. The van der Waals surface area contributed by atoms with Crippen LogP contribution in [0.25, 0.3) is 0 Å². The quantitative estimate of drug-likeness (QED) is 0.552. The van der Waals surface area contributed by atoms with E-state index in [2.05, 4.69) is 15.8 Å². The number of rotatable bonds is 7. The van der Waals surface area contributed by atoms with Gasteiger partial charge in [-0.05, 0) is 31.9 Å². The molecule has 1 aromatic rings. The van der Waals surface area contributed by atoms with Crippen molar-refractivity contribution in [1.82, 2.24) is 10.7 Å². The smallest absolute Gasteiger partial charge is 0.275 e. The van der Waals surface area contributed by atoms with Gasteiger partial charge in [0.1, 0.15) is 11.5 Å². The molecule has 0 radical (unpaired) electrons. The second kappa shape index (κ2) is 11.3. The van der Waals surface area contributed by atoms with E-state index in [0.29, 0.717) is 22.8 Å². The number of amides is 2. The molecule has 1 aliphatic carbocycles. The molecule has 0 heterocycles. The number of hydrazone groups is 1. The summed E-state index contributed by atoms with van der Waals surface area (Å²) in [6, 6.07) is 5.17. The first kappa shape index (κ1) is 21.7. The van der Waals surface area contributed by atoms with Crippen LogP contribution in [0.15, 0.2) is 23.3 Å². The second-order valence-electron chi connectivity index (χ2n) is 7.14. The summed E-state index contributed by atoms with van der Waals surface area (Å²) in [5, 5.41) is 7.16. The Morgan fingerprint density at radius 1 is 1.07 bits per heavy atom. The number of carbonyl (C=O) groups excluding carboxylic acids is 2. The van der Waals surface area contributed by atoms with E-state index < -0.39 is 5.91 Å². The topological polar surface area (TPSA) is 89.0 Å². The highest BCUT2D eigenvalue weighted by atomic mass is 16.5. The molecule has 1 saturated carbocycles. The van der Waals surface area contributed by atoms with Gasteiger partial charge in [0.25, 0.3) is 5.91 Å². The van der Waals surface area contributed by atoms with E-state index in [4.69, 9.17) is 9.47 Å². The lowest BCUT2D eigenvalue weighted by Gasteiger charge is -2.21. The first-order valence-electron chi connectivity index (χ1n) is 9.88. The van der Waals surface area contributed by atoms with Crippen molar-refractivity contribution in [2.45, 2.75) is 64.3 Å². The van der Waals surface area contributed by atoms with Gasteiger partial charge in [-0.3, -0.25) is 9.59 Å². The summed E-state index contributed by atoms with van der Waals surface area (Å²) in [4.78, 5) is 24.6. The Labute approximate surface area is 166 Å². The Hall–Kier alpha value is -2.57. The van der Waals surface area contributed by atoms with Crippen LogP contribution in [0.3, 0.4) is 0 Å². The van der Waals surface area contributed by atoms with Gasteiger partial charge in [0.2, 0.25) is 5.91 Å². The number of nitrogens with zero attached hydrogens (tertiary/aromatic N) is 1. The molecule has 2 N–H and O–H groups in total. The molecule has 7 heteroatoms. The van der Waals surface area contributed by atoms with E-state index in [0.717, 1.165) is 25.7 Å². The third kappa shape index (κ3) is 6.87. The van der Waals surface area contributed by atoms with Crippen molar-refractivity contribution in [2.75, 3.05) is 14.2 Å². The fourth-order valence-electron chi connectivity index (χ4n) is 3.34. The molecule has 2 amide bonds. The lowest BCUT2D eigenvalue weighted by molar-refractivity contribution is -0.120. The molecule has 0 unspecified atom stereocenters. The summed E-state index contributed by atoms with van der Waals surface area (Å²) >= 11 is 0. The predicted molar refractivity (Wildman–Crippen MR) is 109 cm³/mol. The standard InChI is InChI=1S/C21H31N3O4/c1-15(13-20(25)22-16-9-7-5-4-6-8-10-16)23-24-21(26)18-12-11-17(27-2)14-19(18)28-3/h11-12,14,16H,4-10,13H2,1-3H3,(H,22,25)(H,24,26). The van der Waals surface area contributed by atoms with Gasteiger partial charge in [-0.15, -0.1) is 0 Å². The van der Waals surface area contributed by atoms with Crippen LogP contribution < -0.4 is 20.2 Å². The highest BCUT2D eigenvalue weighted by Gasteiger charge is 2.16. The van der Waals surface area contributed by atoms with Crippen molar-refractivity contribution in [3.63, 3.8) is 0 Å². The van der Waals surface area contributed by atoms with Crippen molar-refractivity contribution in [2.24, 2.45) is 5.10 Å². The second-order valence-corrected chi connectivity index (χ2v) is 7.14. The normalized spacial score (nSPS) is 15.9. The van der Waals surface area contributed by atoms with Crippen molar-refractivity contribution in [3.05, 3.63) is 23.8 Å². The minimum absolute atomic E-state index is 0.0527. The molecule has 7 nitrogen and oxygen atoms in total. The van der Waals surface area contributed by atoms with Crippen LogP contribution in [0, 0.1) is 0 Å². The van der Waals surface area contributed by atoms with Gasteiger partial charge < -0.3 is 14.8 Å². The van der Waals surface area contributed by atoms with Gasteiger partial charge in [0.15, 0.2) is 0 Å². The Bertz CT molecular complexity index is 695. The molecule has 0 bridgehead atoms. The third-order valence-corrected chi connectivity index (χ3v) is 4.89. The Balaban J connectivity index is 1.87. The highest BCUT2D eigenvalue weighted by Crippen LogP contribution is 2.24. The van der Waals surface area contributed by atoms with Crippen LogP contribution >= 0.6 is 0 Å². The summed E-state index contributed by atoms with van der Waals surface area (Å²) in [7, 11) is 3.03. The minimum atomic E-state index is -0.403. The Morgan fingerprint density at radius 2 is 1.75 bits per heavy atom. The number of benzene rings is 1. The maximum absolute atomic E-state index is 12.4. The van der Waals surface area contributed by atoms with E-state index in [1.165, 1.54) is 26.4 Å². The van der Waals surface area contributed by atoms with Gasteiger partial charge in [-0.1, -0.05) is 32.1 Å². The fraction of sp³-hybridized carbons (Fsp3) is 0.571. The molecular weight excluding hydrogens is 358 g/mol. The molecule has 1 aliphatic rings. The number of carbonyl (C=O) groups is 2. The average Bonchev–Trinajstić information content (AvgIpc) is 2.67. The van der Waals surface area contributed by atoms with Crippen LogP contribution in [-0.4, -0.2) is 37.8 Å². The lowest BCUT2D eigenvalue weighted by atomic mass is 9.96. The van der Waals surface area contributed by atoms with E-state index in [1.807, 2.05) is 0 Å². The van der Waals surface area contributed by atoms with E-state index in [-0.39, 0.29) is 18.4 Å². The van der Waals surface area contributed by atoms with E-state index in [1.54, 1.807) is 32.2 Å². The van der Waals surface area contributed by atoms with Crippen molar-refractivity contribution < 1.29 is 19.1 Å². The zero-order valence-corrected chi connectivity index (χ0v) is 17.0. The number of methoxy groups -OCH3 is 2. The molecule has 0 saturated heterocycles. The third-order valence-electron chi connectivity index (χ3n) is 4.89. The molecule has 1 fully saturated rings. The molecule has 0 aliphatic heterocycles. The van der Waals surface area contributed by atoms with Gasteiger partial charge in [0, 0.05) is 17.8 Å². The summed E-state index contributed by atoms with van der Waals surface area (Å²) in [6.45, 7) is 1.73. The number of ether oxygens (including phenoxy) is 2. The SMILES string of the molecule is COc1ccc(C(=O)NN=C(C)CC(=O)NC2CCCCCCC2)c(OC)c1. The van der Waals surface area contributed by atoms with Crippen LogP contribution in [0.5, 0.6) is 11.5 Å². The van der Waals surface area contributed by atoms with Crippen molar-refractivity contribution in [1.29, 1.82) is 0 Å². The largest absolute Gasteiger partial charge is 0.497 e. The molecule has 0 spiro atoms. The van der Waals surface area contributed by atoms with E-state index in [9.17, 15) is 9.59 Å². The first-order valence-corrected chi connectivity index (χ1v) is 9.88. The van der Waals surface area contributed by atoms with Gasteiger partial charge >= 0.3 is 0 Å². The van der Waals surface area contributed by atoms with Crippen molar-refractivity contribution in [3.8, 4) is 11.5 Å². The van der Waals surface area contributed by atoms with Crippen LogP contribution in [0.4, 0.5) is 0 Å². The average molecular weight is 389 g/mol. The summed E-state index contributed by atoms with van der Waals surface area (Å²) in [5.41, 5.74) is 3.38. The number of hydrogen-bond donors (Lipinski definition) is 2. The first-order chi connectivity index (χ1) is 13.5. The molecule has 154 valence electrons. The molecule has 1 aromatic carbocycles. The van der Waals surface area contributed by atoms with Crippen LogP contribution in [-0.2, 0) is 4.79 Å². The molecule has 2 rings (SSSR count). The van der Waals surface area contributed by atoms with Crippen LogP contribution in [0.1, 0.15) is 68.6 Å². The summed E-state index contributed by atoms with van der Waals surface area (Å²) in [5.74, 6) is 0.535. The Kier molecular flexibility index (Phi) is 8.78. The maximum Gasteiger partial charge on any atom is 0.275 e. The van der Waals surface area contributed by atoms with Crippen molar-refractivity contribution >= 4 is 17.5 Å². The zero-order chi connectivity index (χ0) is 20.4. The number of nitrogens with one attached hydrogen (secondary N) is 2. The molecular formula is C21H31N3O4. The van der Waals surface area contributed by atoms with E-state index >= 15 is 0 Å². The van der Waals surface area contributed by atoms with Gasteiger partial charge in [-0.2, -0.15) is 5.10 Å². The summed E-state index contributed by atoms with van der Waals surface area (Å²) in [6.07, 6.45) is 8.35. The highest BCUT2D eigenvalue weighted by molar-refractivity contribution is 6.01. The molecule has 0 atom stereocenters. The minimum Gasteiger partial charge on any atom is -0.497 e. The maximum atomic E-state index is 12.4. The van der Waals surface area contributed by atoms with Crippen LogP contribution in [0.2, 0.25) is 0 Å². The Morgan fingerprint density at radius 3 is 2.39 bits per heavy atom. The summed E-state index contributed by atoms with van der Waals surface area (Å²) < 4.78 is 10.4. The molecule has 28 heavy (non-hydrogen) atoms. The zero-order valence-electron chi connectivity index (χ0n) is 17.0. The molecule has 0 aromatic heterocycles. The fourth-order valence-corrected chi connectivity index (χ4v) is 3.34.